The second-order valence-electron chi connectivity index (χ2n) is 11.0. The van der Waals surface area contributed by atoms with Gasteiger partial charge in [0.2, 0.25) is 0 Å². The molecule has 5 unspecified atom stereocenters. The Morgan fingerprint density at radius 1 is 1.23 bits per heavy atom. The summed E-state index contributed by atoms with van der Waals surface area (Å²) in [4.78, 5) is 0. The smallest absolute Gasteiger partial charge is 0.0651 e. The lowest BCUT2D eigenvalue weighted by atomic mass is 9.61. The SMILES string of the molecule is [2H]C([2H])=C1CCC(O)CC1=C([2H])C=C1CCC[C@@]2(C)C1CCC2C(C)C=CC(C)C(C)(C)O. The minimum absolute atomic E-state index is 0.108. The van der Waals surface area contributed by atoms with Gasteiger partial charge in [-0.05, 0) is 94.0 Å². The molecule has 0 aromatic carbocycles. The second-order valence-corrected chi connectivity index (χ2v) is 11.0. The minimum Gasteiger partial charge on any atom is -0.393 e. The normalized spacial score (nSPS) is 39.3. The second kappa shape index (κ2) is 9.17. The largest absolute Gasteiger partial charge is 0.393 e. The molecule has 3 aliphatic carbocycles. The number of aliphatic hydroxyl groups excluding tert-OH is 1. The zero-order valence-corrected chi connectivity index (χ0v) is 19.7. The Kier molecular flexibility index (Phi) is 5.98. The van der Waals surface area contributed by atoms with Crippen LogP contribution in [0.3, 0.4) is 0 Å². The first-order valence-electron chi connectivity index (χ1n) is 13.5. The molecule has 6 atom stereocenters. The first-order chi connectivity index (χ1) is 15.3. The van der Waals surface area contributed by atoms with Crippen molar-refractivity contribution in [3.05, 3.63) is 47.5 Å². The summed E-state index contributed by atoms with van der Waals surface area (Å²) in [6, 6.07) is 0.399. The summed E-state index contributed by atoms with van der Waals surface area (Å²) < 4.78 is 24.4. The van der Waals surface area contributed by atoms with Crippen molar-refractivity contribution in [1.29, 1.82) is 0 Å². The standard InChI is InChI=1S/C28H44O2/c1-19-10-14-24(29)18-23(19)13-12-22-8-7-17-28(6)25(15-16-26(22)28)20(2)9-11-21(3)27(4,5)30/h9,11-13,20-21,24-26,29-30H,1,7-8,10,14-18H2,2-6H3/t20?,21?,24?,25?,26?,28-/m1/s1/i1D2,13D. The van der Waals surface area contributed by atoms with Crippen LogP contribution < -0.4 is 0 Å². The highest BCUT2D eigenvalue weighted by molar-refractivity contribution is 5.36. The van der Waals surface area contributed by atoms with Gasteiger partial charge < -0.3 is 10.2 Å². The molecule has 0 amide bonds. The summed E-state index contributed by atoms with van der Waals surface area (Å²) >= 11 is 0. The number of fused-ring (bicyclic) bond motifs is 1. The molecule has 0 bridgehead atoms. The Bertz CT molecular complexity index is 844. The van der Waals surface area contributed by atoms with Crippen LogP contribution in [0.1, 0.15) is 90.1 Å². The van der Waals surface area contributed by atoms with E-state index in [4.69, 9.17) is 4.11 Å². The molecule has 0 aliphatic heterocycles. The topological polar surface area (TPSA) is 40.5 Å². The maximum absolute atomic E-state index is 10.3. The van der Waals surface area contributed by atoms with E-state index in [1.807, 2.05) is 19.9 Å². The molecular formula is C28H44O2. The molecule has 0 aromatic rings. The van der Waals surface area contributed by atoms with Gasteiger partial charge in [-0.3, -0.25) is 0 Å². The van der Waals surface area contributed by atoms with Crippen molar-refractivity contribution in [2.45, 2.75) is 97.7 Å². The highest BCUT2D eigenvalue weighted by atomic mass is 16.3. The van der Waals surface area contributed by atoms with Crippen LogP contribution in [0.25, 0.3) is 0 Å². The van der Waals surface area contributed by atoms with E-state index in [9.17, 15) is 10.2 Å². The summed E-state index contributed by atoms with van der Waals surface area (Å²) in [5.74, 6) is 1.59. The predicted octanol–water partition coefficient (Wildman–Crippen LogP) is 6.76. The monoisotopic (exact) mass is 415 g/mol. The molecule has 2 N–H and O–H groups in total. The van der Waals surface area contributed by atoms with Crippen LogP contribution in [-0.4, -0.2) is 21.9 Å². The van der Waals surface area contributed by atoms with E-state index in [2.05, 4.69) is 32.9 Å². The van der Waals surface area contributed by atoms with E-state index in [-0.39, 0.29) is 17.9 Å². The fourth-order valence-electron chi connectivity index (χ4n) is 6.08. The van der Waals surface area contributed by atoms with Gasteiger partial charge in [-0.2, -0.15) is 0 Å². The van der Waals surface area contributed by atoms with Crippen molar-refractivity contribution in [1.82, 2.24) is 0 Å². The lowest BCUT2D eigenvalue weighted by Gasteiger charge is -2.44. The average Bonchev–Trinajstić information content (AvgIpc) is 3.08. The van der Waals surface area contributed by atoms with Crippen molar-refractivity contribution >= 4 is 0 Å². The molecule has 0 saturated heterocycles. The van der Waals surface area contributed by atoms with Crippen molar-refractivity contribution in [2.75, 3.05) is 0 Å². The van der Waals surface area contributed by atoms with Gasteiger partial charge in [0.05, 0.1) is 15.8 Å². The third kappa shape index (κ3) is 5.02. The molecule has 30 heavy (non-hydrogen) atoms. The van der Waals surface area contributed by atoms with E-state index in [0.717, 1.165) is 19.3 Å². The maximum Gasteiger partial charge on any atom is 0.0651 e. The van der Waals surface area contributed by atoms with E-state index in [1.54, 1.807) is 0 Å². The molecule has 0 heterocycles. The van der Waals surface area contributed by atoms with E-state index >= 15 is 0 Å². The summed E-state index contributed by atoms with van der Waals surface area (Å²) in [5, 5.41) is 20.4. The number of hydrogen-bond donors (Lipinski definition) is 2. The average molecular weight is 416 g/mol. The first kappa shape index (κ1) is 19.6. The molecule has 168 valence electrons. The molecule has 0 radical (unpaired) electrons. The number of hydrogen-bond acceptors (Lipinski definition) is 2. The van der Waals surface area contributed by atoms with Gasteiger partial charge in [-0.15, -0.1) is 0 Å². The molecule has 3 fully saturated rings. The number of allylic oxidation sites excluding steroid dienone is 5. The van der Waals surface area contributed by atoms with Crippen LogP contribution in [0.15, 0.2) is 47.5 Å². The summed E-state index contributed by atoms with van der Waals surface area (Å²) in [6.07, 6.45) is 13.2. The zero-order chi connectivity index (χ0) is 24.6. The summed E-state index contributed by atoms with van der Waals surface area (Å²) in [7, 11) is 0. The Morgan fingerprint density at radius 2 is 2.00 bits per heavy atom. The molecule has 3 rings (SSSR count). The Balaban J connectivity index is 1.85. The van der Waals surface area contributed by atoms with Gasteiger partial charge in [0.25, 0.3) is 0 Å². The fraction of sp³-hybridized carbons (Fsp3) is 0.714. The molecule has 2 heteroatoms. The van der Waals surface area contributed by atoms with Crippen molar-refractivity contribution in [3.63, 3.8) is 0 Å². The molecule has 2 nitrogen and oxygen atoms in total. The van der Waals surface area contributed by atoms with Crippen molar-refractivity contribution in [2.24, 2.45) is 29.1 Å². The van der Waals surface area contributed by atoms with Gasteiger partial charge >= 0.3 is 0 Å². The van der Waals surface area contributed by atoms with Crippen molar-refractivity contribution in [3.8, 4) is 0 Å². The van der Waals surface area contributed by atoms with Gasteiger partial charge in [0.15, 0.2) is 0 Å². The van der Waals surface area contributed by atoms with Gasteiger partial charge in [0.1, 0.15) is 0 Å². The lowest BCUT2D eigenvalue weighted by molar-refractivity contribution is 0.0436. The molecule has 3 saturated carbocycles. The minimum atomic E-state index is -0.713. The van der Waals surface area contributed by atoms with Gasteiger partial charge in [-0.1, -0.05) is 62.7 Å². The van der Waals surface area contributed by atoms with Crippen LogP contribution >= 0.6 is 0 Å². The highest BCUT2D eigenvalue weighted by Gasteiger charge is 2.50. The van der Waals surface area contributed by atoms with E-state index in [1.165, 1.54) is 18.4 Å². The Labute approximate surface area is 189 Å². The lowest BCUT2D eigenvalue weighted by Crippen LogP contribution is -2.35. The zero-order valence-electron chi connectivity index (χ0n) is 22.7. The van der Waals surface area contributed by atoms with Crippen LogP contribution in [0.5, 0.6) is 0 Å². The van der Waals surface area contributed by atoms with E-state index < -0.39 is 11.7 Å². The number of aliphatic hydroxyl groups is 2. The fourth-order valence-corrected chi connectivity index (χ4v) is 6.08. The van der Waals surface area contributed by atoms with Crippen molar-refractivity contribution < 1.29 is 14.3 Å². The summed E-state index contributed by atoms with van der Waals surface area (Å²) in [5.41, 5.74) is 2.16. The van der Waals surface area contributed by atoms with E-state index in [0.29, 0.717) is 54.2 Å². The van der Waals surface area contributed by atoms with Gasteiger partial charge in [0, 0.05) is 5.92 Å². The third-order valence-electron chi connectivity index (χ3n) is 8.45. The van der Waals surface area contributed by atoms with Gasteiger partial charge in [-0.25, -0.2) is 0 Å². The highest BCUT2D eigenvalue weighted by Crippen LogP contribution is 2.59. The first-order valence-corrected chi connectivity index (χ1v) is 12.0. The van der Waals surface area contributed by atoms with Crippen LogP contribution in [-0.2, 0) is 0 Å². The van der Waals surface area contributed by atoms with Crippen LogP contribution in [0.2, 0.25) is 0 Å². The Morgan fingerprint density at radius 3 is 2.70 bits per heavy atom. The quantitative estimate of drug-likeness (QED) is 0.487. The number of rotatable bonds is 5. The Hall–Kier alpha value is -1.12. The molecular weight excluding hydrogens is 368 g/mol. The van der Waals surface area contributed by atoms with Crippen LogP contribution in [0, 0.1) is 29.1 Å². The molecule has 3 aliphatic rings. The summed E-state index contributed by atoms with van der Waals surface area (Å²) in [6.45, 7) is 10.3. The molecule has 0 aromatic heterocycles. The molecule has 0 spiro atoms. The van der Waals surface area contributed by atoms with Crippen LogP contribution in [0.4, 0.5) is 0 Å². The third-order valence-corrected chi connectivity index (χ3v) is 8.45. The maximum atomic E-state index is 10.3. The predicted molar refractivity (Wildman–Crippen MR) is 127 cm³/mol.